The number of rotatable bonds is 4. The predicted molar refractivity (Wildman–Crippen MR) is 80.5 cm³/mol. The zero-order valence-corrected chi connectivity index (χ0v) is 12.4. The first-order valence-corrected chi connectivity index (χ1v) is 7.28. The van der Waals surface area contributed by atoms with Crippen LogP contribution in [0.15, 0.2) is 34.2 Å². The van der Waals surface area contributed by atoms with Gasteiger partial charge >= 0.3 is 0 Å². The topological polar surface area (TPSA) is 51.8 Å². The largest absolute Gasteiger partial charge is 0.384 e. The number of benzene rings is 1. The Morgan fingerprint density at radius 1 is 1.16 bits per heavy atom. The van der Waals surface area contributed by atoms with Crippen molar-refractivity contribution in [3.8, 4) is 0 Å². The zero-order valence-electron chi connectivity index (χ0n) is 11.6. The van der Waals surface area contributed by atoms with Crippen LogP contribution in [0.3, 0.4) is 0 Å². The predicted octanol–water partition coefficient (Wildman–Crippen LogP) is 3.78. The standard InChI is InChI=1S/C15H19N3S/c1-4-5-14-17-13(16)9-15(18-14)19-12-7-6-10(2)8-11(12)3/h6-9H,4-5H2,1-3H3,(H2,16,17,18). The van der Waals surface area contributed by atoms with Crippen LogP contribution in [-0.2, 0) is 6.42 Å². The summed E-state index contributed by atoms with van der Waals surface area (Å²) in [5.41, 5.74) is 8.38. The Hall–Kier alpha value is -1.55. The molecule has 0 aliphatic carbocycles. The maximum absolute atomic E-state index is 5.84. The van der Waals surface area contributed by atoms with Crippen LogP contribution in [-0.4, -0.2) is 9.97 Å². The third-order valence-electron chi connectivity index (χ3n) is 2.79. The van der Waals surface area contributed by atoms with Crippen molar-refractivity contribution in [1.82, 2.24) is 9.97 Å². The third kappa shape index (κ3) is 3.70. The fraction of sp³-hybridized carbons (Fsp3) is 0.333. The molecule has 1 aromatic heterocycles. The van der Waals surface area contributed by atoms with Gasteiger partial charge in [-0.1, -0.05) is 36.4 Å². The summed E-state index contributed by atoms with van der Waals surface area (Å²) in [6.45, 7) is 6.33. The Bertz CT molecular complexity index is 582. The SMILES string of the molecule is CCCc1nc(N)cc(Sc2ccc(C)cc2C)n1. The van der Waals surface area contributed by atoms with Gasteiger partial charge in [0, 0.05) is 17.4 Å². The lowest BCUT2D eigenvalue weighted by molar-refractivity contribution is 0.813. The van der Waals surface area contributed by atoms with E-state index < -0.39 is 0 Å². The van der Waals surface area contributed by atoms with Crippen molar-refractivity contribution in [2.45, 2.75) is 43.5 Å². The van der Waals surface area contributed by atoms with Crippen LogP contribution in [0.5, 0.6) is 0 Å². The second-order valence-electron chi connectivity index (χ2n) is 4.67. The van der Waals surface area contributed by atoms with Crippen LogP contribution in [0, 0.1) is 13.8 Å². The van der Waals surface area contributed by atoms with E-state index in [9.17, 15) is 0 Å². The number of hydrogen-bond donors (Lipinski definition) is 1. The zero-order chi connectivity index (χ0) is 13.8. The molecule has 1 aromatic carbocycles. The number of anilines is 1. The number of aromatic nitrogens is 2. The Balaban J connectivity index is 2.27. The van der Waals surface area contributed by atoms with E-state index in [1.54, 1.807) is 11.8 Å². The molecule has 0 fully saturated rings. The number of hydrogen-bond acceptors (Lipinski definition) is 4. The molecule has 0 amide bonds. The van der Waals surface area contributed by atoms with E-state index in [0.29, 0.717) is 5.82 Å². The molecule has 0 unspecified atom stereocenters. The molecule has 2 rings (SSSR count). The van der Waals surface area contributed by atoms with Gasteiger partial charge in [0.05, 0.1) is 0 Å². The van der Waals surface area contributed by atoms with Gasteiger partial charge in [-0.2, -0.15) is 0 Å². The van der Waals surface area contributed by atoms with Crippen LogP contribution in [0.25, 0.3) is 0 Å². The van der Waals surface area contributed by atoms with Gasteiger partial charge in [-0.15, -0.1) is 0 Å². The van der Waals surface area contributed by atoms with E-state index >= 15 is 0 Å². The monoisotopic (exact) mass is 273 g/mol. The van der Waals surface area contributed by atoms with Crippen LogP contribution in [0.2, 0.25) is 0 Å². The fourth-order valence-electron chi connectivity index (χ4n) is 1.91. The molecule has 0 atom stereocenters. The smallest absolute Gasteiger partial charge is 0.132 e. The Morgan fingerprint density at radius 2 is 1.95 bits per heavy atom. The molecule has 0 saturated heterocycles. The van der Waals surface area contributed by atoms with E-state index in [0.717, 1.165) is 23.7 Å². The van der Waals surface area contributed by atoms with Crippen LogP contribution >= 0.6 is 11.8 Å². The first kappa shape index (κ1) is 13.9. The van der Waals surface area contributed by atoms with Crippen molar-refractivity contribution in [2.75, 3.05) is 5.73 Å². The molecule has 0 radical (unpaired) electrons. The maximum Gasteiger partial charge on any atom is 0.132 e. The molecule has 19 heavy (non-hydrogen) atoms. The summed E-state index contributed by atoms with van der Waals surface area (Å²) < 4.78 is 0. The Morgan fingerprint density at radius 3 is 2.63 bits per heavy atom. The molecular formula is C15H19N3S. The summed E-state index contributed by atoms with van der Waals surface area (Å²) in [7, 11) is 0. The highest BCUT2D eigenvalue weighted by Crippen LogP contribution is 2.30. The Labute approximate surface area is 118 Å². The highest BCUT2D eigenvalue weighted by Gasteiger charge is 2.06. The summed E-state index contributed by atoms with van der Waals surface area (Å²) >= 11 is 1.65. The van der Waals surface area contributed by atoms with Crippen LogP contribution in [0.4, 0.5) is 5.82 Å². The lowest BCUT2D eigenvalue weighted by Gasteiger charge is -2.08. The molecule has 0 saturated carbocycles. The molecule has 1 heterocycles. The summed E-state index contributed by atoms with van der Waals surface area (Å²) in [6.07, 6.45) is 1.89. The summed E-state index contributed by atoms with van der Waals surface area (Å²) in [4.78, 5) is 10.0. The highest BCUT2D eigenvalue weighted by atomic mass is 32.2. The van der Waals surface area contributed by atoms with Gasteiger partial charge in [0.2, 0.25) is 0 Å². The van der Waals surface area contributed by atoms with Crippen molar-refractivity contribution < 1.29 is 0 Å². The molecule has 0 spiro atoms. The number of aryl methyl sites for hydroxylation is 3. The van der Waals surface area contributed by atoms with E-state index in [4.69, 9.17) is 5.73 Å². The van der Waals surface area contributed by atoms with E-state index in [1.807, 2.05) is 6.07 Å². The number of nitrogens with zero attached hydrogens (tertiary/aromatic N) is 2. The van der Waals surface area contributed by atoms with Crippen molar-refractivity contribution in [3.63, 3.8) is 0 Å². The lowest BCUT2D eigenvalue weighted by Crippen LogP contribution is -2.00. The van der Waals surface area contributed by atoms with Gasteiger partial charge in [0.1, 0.15) is 16.7 Å². The molecule has 0 bridgehead atoms. The van der Waals surface area contributed by atoms with Crippen molar-refractivity contribution in [1.29, 1.82) is 0 Å². The summed E-state index contributed by atoms with van der Waals surface area (Å²) in [6, 6.07) is 8.27. The average molecular weight is 273 g/mol. The maximum atomic E-state index is 5.84. The first-order chi connectivity index (χ1) is 9.08. The summed E-state index contributed by atoms with van der Waals surface area (Å²) in [5.74, 6) is 1.38. The normalized spacial score (nSPS) is 10.7. The van der Waals surface area contributed by atoms with Gasteiger partial charge in [-0.3, -0.25) is 0 Å². The molecular weight excluding hydrogens is 254 g/mol. The fourth-order valence-corrected chi connectivity index (χ4v) is 2.82. The minimum absolute atomic E-state index is 0.547. The van der Waals surface area contributed by atoms with Gasteiger partial charge in [0.25, 0.3) is 0 Å². The minimum atomic E-state index is 0.547. The molecule has 2 N–H and O–H groups in total. The number of nitrogen functional groups attached to an aromatic ring is 1. The second-order valence-corrected chi connectivity index (χ2v) is 5.73. The van der Waals surface area contributed by atoms with Gasteiger partial charge < -0.3 is 5.73 Å². The van der Waals surface area contributed by atoms with Crippen molar-refractivity contribution in [3.05, 3.63) is 41.2 Å². The molecule has 2 aromatic rings. The number of nitrogens with two attached hydrogens (primary N) is 1. The highest BCUT2D eigenvalue weighted by molar-refractivity contribution is 7.99. The molecule has 0 aliphatic rings. The summed E-state index contributed by atoms with van der Waals surface area (Å²) in [5, 5.41) is 0.919. The Kier molecular flexibility index (Phi) is 4.43. The van der Waals surface area contributed by atoms with E-state index in [-0.39, 0.29) is 0 Å². The second kappa shape index (κ2) is 6.06. The molecule has 0 aliphatic heterocycles. The van der Waals surface area contributed by atoms with Gasteiger partial charge in [-0.05, 0) is 31.9 Å². The molecule has 4 heteroatoms. The molecule has 100 valence electrons. The van der Waals surface area contributed by atoms with Crippen molar-refractivity contribution in [2.24, 2.45) is 0 Å². The molecule has 3 nitrogen and oxygen atoms in total. The average Bonchev–Trinajstić information content (AvgIpc) is 2.32. The minimum Gasteiger partial charge on any atom is -0.384 e. The van der Waals surface area contributed by atoms with Gasteiger partial charge in [-0.25, -0.2) is 9.97 Å². The first-order valence-electron chi connectivity index (χ1n) is 6.47. The van der Waals surface area contributed by atoms with E-state index in [2.05, 4.69) is 48.9 Å². The van der Waals surface area contributed by atoms with Crippen molar-refractivity contribution >= 4 is 17.6 Å². The van der Waals surface area contributed by atoms with Crippen LogP contribution in [0.1, 0.15) is 30.3 Å². The van der Waals surface area contributed by atoms with Crippen LogP contribution < -0.4 is 5.73 Å². The lowest BCUT2D eigenvalue weighted by atomic mass is 10.2. The quantitative estimate of drug-likeness (QED) is 0.861. The van der Waals surface area contributed by atoms with E-state index in [1.165, 1.54) is 16.0 Å². The van der Waals surface area contributed by atoms with Gasteiger partial charge in [0.15, 0.2) is 0 Å². The third-order valence-corrected chi connectivity index (χ3v) is 3.88.